The van der Waals surface area contributed by atoms with Gasteiger partial charge in [0.25, 0.3) is 0 Å². The summed E-state index contributed by atoms with van der Waals surface area (Å²) in [5, 5.41) is 6.68. The summed E-state index contributed by atoms with van der Waals surface area (Å²) in [6.45, 7) is 5.52. The van der Waals surface area contributed by atoms with Gasteiger partial charge in [0, 0.05) is 43.5 Å². The highest BCUT2D eigenvalue weighted by Gasteiger charge is 2.19. The fourth-order valence-electron chi connectivity index (χ4n) is 2.36. The molecular formula is C14H21N3O. The summed E-state index contributed by atoms with van der Waals surface area (Å²) >= 11 is 0. The van der Waals surface area contributed by atoms with Crippen LogP contribution in [0.5, 0.6) is 0 Å². The number of ketones is 1. The fourth-order valence-corrected chi connectivity index (χ4v) is 2.36. The average molecular weight is 247 g/mol. The standard InChI is InChI=1S/C14H21N3O/c1-11(18)12-4-3-5-14(8-12)17-7-6-16-13(10-17)9-15-2/h3-5,8,13,15-16H,6-7,9-10H2,1-2H3. The van der Waals surface area contributed by atoms with Crippen LogP contribution in [0.4, 0.5) is 5.69 Å². The van der Waals surface area contributed by atoms with Gasteiger partial charge in [-0.3, -0.25) is 4.79 Å². The first kappa shape index (κ1) is 13.1. The molecule has 0 bridgehead atoms. The number of hydrogen-bond acceptors (Lipinski definition) is 4. The molecule has 0 saturated carbocycles. The van der Waals surface area contributed by atoms with Crippen molar-refractivity contribution < 1.29 is 4.79 Å². The molecule has 0 spiro atoms. The minimum Gasteiger partial charge on any atom is -0.369 e. The molecule has 0 radical (unpaired) electrons. The number of benzene rings is 1. The molecule has 1 aliphatic heterocycles. The van der Waals surface area contributed by atoms with E-state index < -0.39 is 0 Å². The molecule has 4 heteroatoms. The van der Waals surface area contributed by atoms with Crippen molar-refractivity contribution in [2.75, 3.05) is 38.1 Å². The topological polar surface area (TPSA) is 44.4 Å². The summed E-state index contributed by atoms with van der Waals surface area (Å²) in [7, 11) is 1.97. The van der Waals surface area contributed by atoms with Crippen LogP contribution in [0.25, 0.3) is 0 Å². The molecule has 0 aliphatic carbocycles. The normalized spacial score (nSPS) is 19.9. The summed E-state index contributed by atoms with van der Waals surface area (Å²) in [6, 6.07) is 8.36. The van der Waals surface area contributed by atoms with Gasteiger partial charge in [0.05, 0.1) is 0 Å². The van der Waals surface area contributed by atoms with E-state index in [0.29, 0.717) is 6.04 Å². The molecule has 0 amide bonds. The lowest BCUT2D eigenvalue weighted by atomic mass is 10.1. The number of anilines is 1. The molecule has 98 valence electrons. The Morgan fingerprint density at radius 2 is 2.39 bits per heavy atom. The number of carbonyl (C=O) groups excluding carboxylic acids is 1. The zero-order valence-electron chi connectivity index (χ0n) is 11.1. The van der Waals surface area contributed by atoms with E-state index in [-0.39, 0.29) is 5.78 Å². The van der Waals surface area contributed by atoms with Crippen molar-refractivity contribution in [2.24, 2.45) is 0 Å². The summed E-state index contributed by atoms with van der Waals surface area (Å²) < 4.78 is 0. The van der Waals surface area contributed by atoms with Gasteiger partial charge in [0.2, 0.25) is 0 Å². The van der Waals surface area contributed by atoms with Crippen molar-refractivity contribution in [3.8, 4) is 0 Å². The first-order chi connectivity index (χ1) is 8.70. The molecule has 2 rings (SSSR count). The summed E-state index contributed by atoms with van der Waals surface area (Å²) in [5.41, 5.74) is 1.93. The van der Waals surface area contributed by atoms with Crippen molar-refractivity contribution >= 4 is 11.5 Å². The van der Waals surface area contributed by atoms with Gasteiger partial charge in [-0.2, -0.15) is 0 Å². The van der Waals surface area contributed by atoms with Crippen LogP contribution in [0, 0.1) is 0 Å². The van der Waals surface area contributed by atoms with Crippen LogP contribution in [0.2, 0.25) is 0 Å². The van der Waals surface area contributed by atoms with E-state index in [1.54, 1.807) is 6.92 Å². The second-order valence-electron chi connectivity index (χ2n) is 4.76. The third kappa shape index (κ3) is 3.09. The number of likely N-dealkylation sites (N-methyl/N-ethyl adjacent to an activating group) is 1. The number of carbonyl (C=O) groups is 1. The third-order valence-corrected chi connectivity index (χ3v) is 3.32. The predicted molar refractivity (Wildman–Crippen MR) is 74.4 cm³/mol. The van der Waals surface area contributed by atoms with Gasteiger partial charge in [-0.1, -0.05) is 12.1 Å². The zero-order valence-corrected chi connectivity index (χ0v) is 11.1. The maximum atomic E-state index is 11.4. The largest absolute Gasteiger partial charge is 0.369 e. The van der Waals surface area contributed by atoms with Crippen LogP contribution in [-0.4, -0.2) is 45.1 Å². The lowest BCUT2D eigenvalue weighted by molar-refractivity contribution is 0.101. The highest BCUT2D eigenvalue weighted by Crippen LogP contribution is 2.18. The average Bonchev–Trinajstić information content (AvgIpc) is 2.39. The van der Waals surface area contributed by atoms with Gasteiger partial charge in [0.15, 0.2) is 5.78 Å². The summed E-state index contributed by atoms with van der Waals surface area (Å²) in [5.74, 6) is 0.124. The van der Waals surface area contributed by atoms with E-state index in [4.69, 9.17) is 0 Å². The molecule has 2 N–H and O–H groups in total. The molecule has 1 unspecified atom stereocenters. The minimum atomic E-state index is 0.124. The molecular weight excluding hydrogens is 226 g/mol. The lowest BCUT2D eigenvalue weighted by Crippen LogP contribution is -2.54. The van der Waals surface area contributed by atoms with Gasteiger partial charge in [-0.15, -0.1) is 0 Å². The predicted octanol–water partition coefficient (Wildman–Crippen LogP) is 0.887. The third-order valence-electron chi connectivity index (χ3n) is 3.32. The molecule has 1 heterocycles. The number of nitrogens with one attached hydrogen (secondary N) is 2. The van der Waals surface area contributed by atoms with Gasteiger partial charge in [-0.05, 0) is 26.1 Å². The van der Waals surface area contributed by atoms with Gasteiger partial charge < -0.3 is 15.5 Å². The van der Waals surface area contributed by atoms with Crippen molar-refractivity contribution in [1.82, 2.24) is 10.6 Å². The molecule has 0 aromatic heterocycles. The Morgan fingerprint density at radius 3 is 3.11 bits per heavy atom. The quantitative estimate of drug-likeness (QED) is 0.776. The van der Waals surface area contributed by atoms with Crippen LogP contribution in [0.1, 0.15) is 17.3 Å². The number of nitrogens with zero attached hydrogens (tertiary/aromatic N) is 1. The van der Waals surface area contributed by atoms with Crippen molar-refractivity contribution in [1.29, 1.82) is 0 Å². The summed E-state index contributed by atoms with van der Waals surface area (Å²) in [6.07, 6.45) is 0. The van der Waals surface area contributed by atoms with E-state index in [9.17, 15) is 4.79 Å². The first-order valence-corrected chi connectivity index (χ1v) is 6.44. The summed E-state index contributed by atoms with van der Waals surface area (Å²) in [4.78, 5) is 13.7. The van der Waals surface area contributed by atoms with Gasteiger partial charge in [0.1, 0.15) is 0 Å². The smallest absolute Gasteiger partial charge is 0.159 e. The Bertz CT molecular complexity index is 417. The van der Waals surface area contributed by atoms with Gasteiger partial charge in [-0.25, -0.2) is 0 Å². The monoisotopic (exact) mass is 247 g/mol. The van der Waals surface area contributed by atoms with Crippen molar-refractivity contribution in [3.05, 3.63) is 29.8 Å². The SMILES string of the molecule is CNCC1CN(c2cccc(C(C)=O)c2)CCN1. The Hall–Kier alpha value is -1.39. The van der Waals surface area contributed by atoms with Crippen LogP contribution >= 0.6 is 0 Å². The highest BCUT2D eigenvalue weighted by atomic mass is 16.1. The van der Waals surface area contributed by atoms with Crippen LogP contribution in [0.15, 0.2) is 24.3 Å². The lowest BCUT2D eigenvalue weighted by Gasteiger charge is -2.35. The van der Waals surface area contributed by atoms with Crippen molar-refractivity contribution in [3.63, 3.8) is 0 Å². The molecule has 1 atom stereocenters. The number of rotatable bonds is 4. The maximum absolute atomic E-state index is 11.4. The Kier molecular flexibility index (Phi) is 4.33. The molecule has 1 aromatic rings. The van der Waals surface area contributed by atoms with E-state index in [1.165, 1.54) is 0 Å². The maximum Gasteiger partial charge on any atom is 0.159 e. The molecule has 1 aromatic carbocycles. The van der Waals surface area contributed by atoms with E-state index in [2.05, 4.69) is 21.6 Å². The fraction of sp³-hybridized carbons (Fsp3) is 0.500. The van der Waals surface area contributed by atoms with E-state index in [0.717, 1.165) is 37.4 Å². The molecule has 4 nitrogen and oxygen atoms in total. The Labute approximate surface area is 108 Å². The Morgan fingerprint density at radius 1 is 1.56 bits per heavy atom. The Balaban J connectivity index is 2.10. The van der Waals surface area contributed by atoms with E-state index >= 15 is 0 Å². The second-order valence-corrected chi connectivity index (χ2v) is 4.76. The van der Waals surface area contributed by atoms with E-state index in [1.807, 2.05) is 25.2 Å². The van der Waals surface area contributed by atoms with Crippen LogP contribution in [-0.2, 0) is 0 Å². The second kappa shape index (κ2) is 5.98. The molecule has 1 saturated heterocycles. The van der Waals surface area contributed by atoms with Crippen LogP contribution in [0.3, 0.4) is 0 Å². The van der Waals surface area contributed by atoms with Crippen LogP contribution < -0.4 is 15.5 Å². The molecule has 1 fully saturated rings. The number of Topliss-reactive ketones (excluding diaryl/α,β-unsaturated/α-hetero) is 1. The molecule has 18 heavy (non-hydrogen) atoms. The highest BCUT2D eigenvalue weighted by molar-refractivity contribution is 5.94. The minimum absolute atomic E-state index is 0.124. The van der Waals surface area contributed by atoms with Gasteiger partial charge >= 0.3 is 0 Å². The molecule has 1 aliphatic rings. The number of hydrogen-bond donors (Lipinski definition) is 2. The first-order valence-electron chi connectivity index (χ1n) is 6.44. The zero-order chi connectivity index (χ0) is 13.0. The van der Waals surface area contributed by atoms with Crippen molar-refractivity contribution in [2.45, 2.75) is 13.0 Å². The number of piperazine rings is 1.